The predicted octanol–water partition coefficient (Wildman–Crippen LogP) is 2.07. The highest BCUT2D eigenvalue weighted by atomic mass is 16.6. The third-order valence-corrected chi connectivity index (χ3v) is 2.63. The lowest BCUT2D eigenvalue weighted by Gasteiger charge is -2.12. The lowest BCUT2D eigenvalue weighted by Crippen LogP contribution is -2.24. The van der Waals surface area contributed by atoms with E-state index in [4.69, 9.17) is 10.00 Å². The van der Waals surface area contributed by atoms with Crippen molar-refractivity contribution < 1.29 is 9.53 Å². The van der Waals surface area contributed by atoms with Crippen LogP contribution in [0.2, 0.25) is 0 Å². The molecule has 1 saturated heterocycles. The van der Waals surface area contributed by atoms with Crippen molar-refractivity contribution >= 4 is 6.09 Å². The van der Waals surface area contributed by atoms with E-state index in [0.29, 0.717) is 18.7 Å². The molecule has 86 valence electrons. The monoisotopic (exact) mass is 228 g/mol. The first-order valence-electron chi connectivity index (χ1n) is 5.30. The molecule has 4 nitrogen and oxygen atoms in total. The molecule has 0 spiro atoms. The first-order valence-corrected chi connectivity index (χ1v) is 5.30. The van der Waals surface area contributed by atoms with Gasteiger partial charge in [0, 0.05) is 6.54 Å². The van der Waals surface area contributed by atoms with Crippen LogP contribution in [0, 0.1) is 11.3 Å². The Kier molecular flexibility index (Phi) is 3.10. The largest absolute Gasteiger partial charge is 0.440 e. The minimum Gasteiger partial charge on any atom is -0.440 e. The van der Waals surface area contributed by atoms with Crippen molar-refractivity contribution in [1.82, 2.24) is 4.90 Å². The van der Waals surface area contributed by atoms with Gasteiger partial charge in [-0.3, -0.25) is 4.90 Å². The van der Waals surface area contributed by atoms with Crippen LogP contribution in [0.25, 0.3) is 0 Å². The Hall–Kier alpha value is -2.28. The quantitative estimate of drug-likeness (QED) is 0.744. The highest BCUT2D eigenvalue weighted by Crippen LogP contribution is 2.15. The van der Waals surface area contributed by atoms with Crippen LogP contribution in [-0.2, 0) is 11.3 Å². The fourth-order valence-corrected chi connectivity index (χ4v) is 1.69. The summed E-state index contributed by atoms with van der Waals surface area (Å²) in [5.74, 6) is 0. The zero-order valence-electron chi connectivity index (χ0n) is 9.30. The maximum atomic E-state index is 11.5. The summed E-state index contributed by atoms with van der Waals surface area (Å²) in [6.07, 6.45) is 1.08. The van der Waals surface area contributed by atoms with Gasteiger partial charge in [-0.15, -0.1) is 0 Å². The maximum absolute atomic E-state index is 11.5. The van der Waals surface area contributed by atoms with Crippen molar-refractivity contribution in [2.75, 3.05) is 6.54 Å². The number of benzene rings is 1. The number of nitrogens with zero attached hydrogens (tertiary/aromatic N) is 2. The number of hydrogen-bond acceptors (Lipinski definition) is 3. The first-order chi connectivity index (χ1) is 8.22. The molecule has 1 amide bonds. The van der Waals surface area contributed by atoms with E-state index in [1.165, 1.54) is 0 Å². The van der Waals surface area contributed by atoms with E-state index < -0.39 is 0 Å². The van der Waals surface area contributed by atoms with Crippen LogP contribution in [0.3, 0.4) is 0 Å². The minimum atomic E-state index is -0.320. The van der Waals surface area contributed by atoms with Gasteiger partial charge in [0.25, 0.3) is 0 Å². The van der Waals surface area contributed by atoms with E-state index in [-0.39, 0.29) is 12.2 Å². The molecule has 0 N–H and O–H groups in total. The molecule has 0 aromatic heterocycles. The summed E-state index contributed by atoms with van der Waals surface area (Å²) in [6, 6.07) is 9.21. The van der Waals surface area contributed by atoms with E-state index in [1.54, 1.807) is 23.1 Å². The van der Waals surface area contributed by atoms with E-state index in [9.17, 15) is 4.79 Å². The van der Waals surface area contributed by atoms with Gasteiger partial charge in [0.15, 0.2) is 0 Å². The third-order valence-electron chi connectivity index (χ3n) is 2.63. The number of hydrogen-bond donors (Lipinski definition) is 0. The number of cyclic esters (lactones) is 1. The molecule has 2 rings (SSSR count). The Labute approximate surface area is 99.7 Å². The zero-order chi connectivity index (χ0) is 12.3. The van der Waals surface area contributed by atoms with Gasteiger partial charge < -0.3 is 4.74 Å². The summed E-state index contributed by atoms with van der Waals surface area (Å²) in [5, 5.41) is 8.68. The van der Waals surface area contributed by atoms with E-state index in [1.807, 2.05) is 12.1 Å². The molecule has 1 fully saturated rings. The fourth-order valence-electron chi connectivity index (χ4n) is 1.69. The average molecular weight is 228 g/mol. The van der Waals surface area contributed by atoms with Gasteiger partial charge in [-0.1, -0.05) is 18.7 Å². The molecule has 1 aliphatic heterocycles. The number of carbonyl (C=O) groups is 1. The van der Waals surface area contributed by atoms with Crippen molar-refractivity contribution in [2.45, 2.75) is 12.6 Å². The Balaban J connectivity index is 2.03. The van der Waals surface area contributed by atoms with Crippen LogP contribution >= 0.6 is 0 Å². The summed E-state index contributed by atoms with van der Waals surface area (Å²) in [7, 11) is 0. The van der Waals surface area contributed by atoms with Crippen LogP contribution in [0.4, 0.5) is 4.79 Å². The van der Waals surface area contributed by atoms with Crippen LogP contribution in [0.15, 0.2) is 36.9 Å². The van der Waals surface area contributed by atoms with Crippen molar-refractivity contribution in [3.63, 3.8) is 0 Å². The van der Waals surface area contributed by atoms with Crippen LogP contribution in [0.5, 0.6) is 0 Å². The normalized spacial score (nSPS) is 18.6. The Morgan fingerprint density at radius 1 is 1.53 bits per heavy atom. The molecular formula is C13H12N2O2. The second kappa shape index (κ2) is 4.71. The van der Waals surface area contributed by atoms with Gasteiger partial charge in [0.05, 0.1) is 18.2 Å². The molecule has 0 bridgehead atoms. The predicted molar refractivity (Wildman–Crippen MR) is 62.0 cm³/mol. The van der Waals surface area contributed by atoms with Gasteiger partial charge in [-0.2, -0.15) is 5.26 Å². The molecule has 1 aliphatic rings. The molecular weight excluding hydrogens is 216 g/mol. The number of nitriles is 1. The first kappa shape index (κ1) is 11.2. The molecule has 1 atom stereocenters. The van der Waals surface area contributed by atoms with Crippen molar-refractivity contribution in [3.8, 4) is 6.07 Å². The van der Waals surface area contributed by atoms with Crippen molar-refractivity contribution in [2.24, 2.45) is 0 Å². The summed E-state index contributed by atoms with van der Waals surface area (Å²) in [4.78, 5) is 13.1. The smallest absolute Gasteiger partial charge is 0.410 e. The van der Waals surface area contributed by atoms with E-state index >= 15 is 0 Å². The number of ether oxygens (including phenoxy) is 1. The van der Waals surface area contributed by atoms with Crippen LogP contribution in [-0.4, -0.2) is 23.6 Å². The summed E-state index contributed by atoms with van der Waals surface area (Å²) >= 11 is 0. The summed E-state index contributed by atoms with van der Waals surface area (Å²) < 4.78 is 5.06. The highest BCUT2D eigenvalue weighted by Gasteiger charge is 2.28. The lowest BCUT2D eigenvalue weighted by atomic mass is 10.1. The van der Waals surface area contributed by atoms with Crippen molar-refractivity contribution in [3.05, 3.63) is 48.0 Å². The van der Waals surface area contributed by atoms with E-state index in [2.05, 4.69) is 12.6 Å². The SMILES string of the molecule is C=CC1CN(Cc2ccc(C#N)cc2)C(=O)O1. The summed E-state index contributed by atoms with van der Waals surface area (Å²) in [5.41, 5.74) is 1.59. The molecule has 1 aromatic rings. The number of rotatable bonds is 3. The minimum absolute atomic E-state index is 0.221. The van der Waals surface area contributed by atoms with Gasteiger partial charge >= 0.3 is 6.09 Å². The standard InChI is InChI=1S/C13H12N2O2/c1-2-12-9-15(13(16)17-12)8-11-5-3-10(7-14)4-6-11/h2-6,12H,1,8-9H2. The van der Waals surface area contributed by atoms with Crippen LogP contribution < -0.4 is 0 Å². The number of carbonyl (C=O) groups excluding carboxylic acids is 1. The Morgan fingerprint density at radius 3 is 2.76 bits per heavy atom. The van der Waals surface area contributed by atoms with Gasteiger partial charge in [-0.05, 0) is 23.8 Å². The van der Waals surface area contributed by atoms with Crippen molar-refractivity contribution in [1.29, 1.82) is 5.26 Å². The molecule has 0 saturated carbocycles. The van der Waals surface area contributed by atoms with E-state index in [0.717, 1.165) is 5.56 Å². The van der Waals surface area contributed by atoms with Crippen LogP contribution in [0.1, 0.15) is 11.1 Å². The average Bonchev–Trinajstić information content (AvgIpc) is 2.71. The number of amides is 1. The molecule has 0 radical (unpaired) electrons. The molecule has 1 aromatic carbocycles. The summed E-state index contributed by atoms with van der Waals surface area (Å²) in [6.45, 7) is 4.63. The third kappa shape index (κ3) is 2.45. The molecule has 17 heavy (non-hydrogen) atoms. The van der Waals surface area contributed by atoms with Gasteiger partial charge in [-0.25, -0.2) is 4.79 Å². The molecule has 1 unspecified atom stereocenters. The maximum Gasteiger partial charge on any atom is 0.410 e. The lowest BCUT2D eigenvalue weighted by molar-refractivity contribution is 0.144. The zero-order valence-corrected chi connectivity index (χ0v) is 9.30. The topological polar surface area (TPSA) is 53.3 Å². The second-order valence-corrected chi connectivity index (χ2v) is 3.85. The van der Waals surface area contributed by atoms with Gasteiger partial charge in [0.1, 0.15) is 6.10 Å². The highest BCUT2D eigenvalue weighted by molar-refractivity contribution is 5.70. The molecule has 1 heterocycles. The molecule has 0 aliphatic carbocycles. The Bertz CT molecular complexity index is 473. The fraction of sp³-hybridized carbons (Fsp3) is 0.231. The second-order valence-electron chi connectivity index (χ2n) is 3.85. The molecule has 4 heteroatoms. The van der Waals surface area contributed by atoms with Gasteiger partial charge in [0.2, 0.25) is 0 Å². The Morgan fingerprint density at radius 2 is 2.24 bits per heavy atom.